The predicted octanol–water partition coefficient (Wildman–Crippen LogP) is 14.1. The van der Waals surface area contributed by atoms with Gasteiger partial charge in [-0.05, 0) is 77.0 Å². The molecule has 0 saturated heterocycles. The van der Waals surface area contributed by atoms with Crippen molar-refractivity contribution in [3.63, 3.8) is 0 Å². The van der Waals surface area contributed by atoms with Crippen molar-refractivity contribution in [3.05, 3.63) is 60.8 Å². The lowest BCUT2D eigenvalue weighted by molar-refractivity contribution is -0.123. The smallest absolute Gasteiger partial charge is 0.220 e. The fraction of sp³-hybridized carbons (Fsp3) is 0.771. The van der Waals surface area contributed by atoms with Crippen molar-refractivity contribution in [2.75, 3.05) is 6.61 Å². The van der Waals surface area contributed by atoms with E-state index >= 15 is 0 Å². The van der Waals surface area contributed by atoms with Crippen molar-refractivity contribution in [2.24, 2.45) is 0 Å². The second-order valence-electron chi connectivity index (χ2n) is 15.1. The van der Waals surface area contributed by atoms with Gasteiger partial charge in [0.2, 0.25) is 5.91 Å². The van der Waals surface area contributed by atoms with E-state index in [2.05, 4.69) is 67.8 Å². The van der Waals surface area contributed by atoms with Gasteiger partial charge in [-0.25, -0.2) is 0 Å². The van der Waals surface area contributed by atoms with Gasteiger partial charge in [0.15, 0.2) is 0 Å². The fourth-order valence-electron chi connectivity index (χ4n) is 6.47. The Hall–Kier alpha value is -1.91. The number of amides is 1. The van der Waals surface area contributed by atoms with Gasteiger partial charge in [-0.1, -0.05) is 197 Å². The highest BCUT2D eigenvalue weighted by atomic mass is 16.3. The van der Waals surface area contributed by atoms with Crippen LogP contribution in [0.3, 0.4) is 0 Å². The Kier molecular flexibility index (Phi) is 41.9. The number of carbonyl (C=O) groups is 1. The summed E-state index contributed by atoms with van der Waals surface area (Å²) in [6, 6.07) is -0.651. The summed E-state index contributed by atoms with van der Waals surface area (Å²) in [4.78, 5) is 12.4. The Morgan fingerprint density at radius 3 is 1.27 bits per heavy atom. The highest BCUT2D eigenvalue weighted by Crippen LogP contribution is 2.14. The largest absolute Gasteiger partial charge is 0.394 e. The first kappa shape index (κ1) is 50.1. The maximum Gasteiger partial charge on any atom is 0.220 e. The van der Waals surface area contributed by atoms with Crippen LogP contribution in [0.4, 0.5) is 0 Å². The van der Waals surface area contributed by atoms with Gasteiger partial charge < -0.3 is 15.5 Å². The summed E-state index contributed by atoms with van der Waals surface area (Å²) in [6.45, 7) is 4.26. The number of allylic oxidation sites excluding steroid dienone is 9. The van der Waals surface area contributed by atoms with Crippen LogP contribution in [0.25, 0.3) is 0 Å². The summed E-state index contributed by atoms with van der Waals surface area (Å²) >= 11 is 0. The molecule has 0 aliphatic heterocycles. The number of nitrogens with one attached hydrogen (secondary N) is 1. The molecule has 0 heterocycles. The third-order valence-electron chi connectivity index (χ3n) is 9.95. The Morgan fingerprint density at radius 2 is 0.808 bits per heavy atom. The van der Waals surface area contributed by atoms with E-state index in [0.717, 1.165) is 51.4 Å². The van der Waals surface area contributed by atoms with Crippen LogP contribution >= 0.6 is 0 Å². The van der Waals surface area contributed by atoms with Crippen LogP contribution in [0.15, 0.2) is 60.8 Å². The quantitative estimate of drug-likeness (QED) is 0.0435. The molecule has 2 atom stereocenters. The first-order chi connectivity index (χ1) is 25.7. The van der Waals surface area contributed by atoms with Crippen molar-refractivity contribution in [3.8, 4) is 0 Å². The van der Waals surface area contributed by atoms with E-state index in [0.29, 0.717) is 6.42 Å². The number of carbonyl (C=O) groups excluding carboxylic acids is 1. The Labute approximate surface area is 324 Å². The molecule has 0 fully saturated rings. The van der Waals surface area contributed by atoms with Gasteiger partial charge in [-0.15, -0.1) is 0 Å². The van der Waals surface area contributed by atoms with E-state index in [1.807, 2.05) is 6.08 Å². The topological polar surface area (TPSA) is 69.6 Å². The zero-order valence-electron chi connectivity index (χ0n) is 34.6. The Balaban J connectivity index is 3.66. The molecule has 3 N–H and O–H groups in total. The summed E-state index contributed by atoms with van der Waals surface area (Å²) < 4.78 is 0. The summed E-state index contributed by atoms with van der Waals surface area (Å²) in [5, 5.41) is 23.0. The molecule has 0 saturated carbocycles. The normalized spacial score (nSPS) is 13.5. The molecule has 0 aliphatic rings. The van der Waals surface area contributed by atoms with Gasteiger partial charge in [-0.3, -0.25) is 4.79 Å². The zero-order chi connectivity index (χ0) is 37.8. The predicted molar refractivity (Wildman–Crippen MR) is 230 cm³/mol. The van der Waals surface area contributed by atoms with Gasteiger partial charge in [0.25, 0.3) is 0 Å². The van der Waals surface area contributed by atoms with Crippen LogP contribution in [0.2, 0.25) is 0 Å². The maximum absolute atomic E-state index is 12.4. The van der Waals surface area contributed by atoms with Crippen LogP contribution in [-0.4, -0.2) is 34.9 Å². The average molecular weight is 726 g/mol. The van der Waals surface area contributed by atoms with Crippen LogP contribution in [0, 0.1) is 0 Å². The average Bonchev–Trinajstić information content (AvgIpc) is 3.15. The first-order valence-corrected chi connectivity index (χ1v) is 22.5. The SMILES string of the molecule is CCCCC/C=C\C/C=C\CCCCCCCCCC(=O)NC(CO)C(O)/C=C/CC/C=C/CC/C=C/CCCCCCCCCCCCCCC. The van der Waals surface area contributed by atoms with E-state index in [9.17, 15) is 15.0 Å². The maximum atomic E-state index is 12.4. The summed E-state index contributed by atoms with van der Waals surface area (Å²) in [6.07, 6.45) is 60.4. The lowest BCUT2D eigenvalue weighted by Gasteiger charge is -2.19. The number of hydrogen-bond acceptors (Lipinski definition) is 3. The van der Waals surface area contributed by atoms with Crippen molar-refractivity contribution < 1.29 is 15.0 Å². The molecule has 0 radical (unpaired) electrons. The molecular formula is C48H87NO3. The minimum atomic E-state index is -0.875. The van der Waals surface area contributed by atoms with Crippen molar-refractivity contribution in [1.29, 1.82) is 0 Å². The molecule has 0 rings (SSSR count). The minimum Gasteiger partial charge on any atom is -0.394 e. The second kappa shape index (κ2) is 43.5. The van der Waals surface area contributed by atoms with Crippen LogP contribution in [0.1, 0.15) is 219 Å². The fourth-order valence-corrected chi connectivity index (χ4v) is 6.47. The lowest BCUT2D eigenvalue weighted by Crippen LogP contribution is -2.45. The molecule has 0 aliphatic carbocycles. The van der Waals surface area contributed by atoms with Gasteiger partial charge in [-0.2, -0.15) is 0 Å². The van der Waals surface area contributed by atoms with Crippen molar-refractivity contribution in [2.45, 2.75) is 231 Å². The molecule has 1 amide bonds. The third-order valence-corrected chi connectivity index (χ3v) is 9.95. The van der Waals surface area contributed by atoms with Crippen molar-refractivity contribution in [1.82, 2.24) is 5.32 Å². The summed E-state index contributed by atoms with van der Waals surface area (Å²) in [5.41, 5.74) is 0. The highest BCUT2D eigenvalue weighted by Gasteiger charge is 2.17. The standard InChI is InChI=1S/C48H87NO3/c1-3-5-7-9-11-13-15-17-19-21-22-23-24-25-26-28-29-31-33-35-37-39-41-43-47(51)46(45-50)49-48(52)44-42-40-38-36-34-32-30-27-20-18-16-14-12-10-8-6-4-2/h12,14,18,20,26,28,33,35,41,43,46-47,50-51H,3-11,13,15-17,19,21-25,27,29-32,34,36-40,42,44-45H2,1-2H3,(H,49,52)/b14-12-,20-18-,28-26+,35-33+,43-41+. The first-order valence-electron chi connectivity index (χ1n) is 22.5. The Bertz CT molecular complexity index is 873. The Morgan fingerprint density at radius 1 is 0.462 bits per heavy atom. The van der Waals surface area contributed by atoms with Gasteiger partial charge >= 0.3 is 0 Å². The number of rotatable bonds is 40. The number of aliphatic hydroxyl groups is 2. The highest BCUT2D eigenvalue weighted by molar-refractivity contribution is 5.76. The van der Waals surface area contributed by atoms with Crippen LogP contribution in [-0.2, 0) is 4.79 Å². The van der Waals surface area contributed by atoms with Crippen LogP contribution < -0.4 is 5.32 Å². The molecule has 4 nitrogen and oxygen atoms in total. The molecule has 0 bridgehead atoms. The van der Waals surface area contributed by atoms with Crippen molar-refractivity contribution >= 4 is 5.91 Å². The van der Waals surface area contributed by atoms with E-state index in [1.54, 1.807) is 6.08 Å². The monoisotopic (exact) mass is 726 g/mol. The van der Waals surface area contributed by atoms with E-state index in [4.69, 9.17) is 0 Å². The minimum absolute atomic E-state index is 0.0876. The lowest BCUT2D eigenvalue weighted by atomic mass is 10.0. The summed E-state index contributed by atoms with van der Waals surface area (Å²) in [7, 11) is 0. The van der Waals surface area contributed by atoms with Gasteiger partial charge in [0.05, 0.1) is 18.8 Å². The van der Waals surface area contributed by atoms with Crippen LogP contribution in [0.5, 0.6) is 0 Å². The van der Waals surface area contributed by atoms with E-state index < -0.39 is 12.1 Å². The van der Waals surface area contributed by atoms with Gasteiger partial charge in [0.1, 0.15) is 0 Å². The number of hydrogen-bond donors (Lipinski definition) is 3. The van der Waals surface area contributed by atoms with Gasteiger partial charge in [0, 0.05) is 6.42 Å². The molecule has 302 valence electrons. The second-order valence-corrected chi connectivity index (χ2v) is 15.1. The molecule has 0 aromatic carbocycles. The molecule has 52 heavy (non-hydrogen) atoms. The molecule has 2 unspecified atom stereocenters. The molecule has 0 spiro atoms. The zero-order valence-corrected chi connectivity index (χ0v) is 34.6. The summed E-state index contributed by atoms with van der Waals surface area (Å²) in [5.74, 6) is -0.0876. The van der Waals surface area contributed by atoms with E-state index in [1.165, 1.54) is 148 Å². The third kappa shape index (κ3) is 39.3. The molecule has 0 aromatic heterocycles. The molecular weight excluding hydrogens is 639 g/mol. The van der Waals surface area contributed by atoms with E-state index in [-0.39, 0.29) is 12.5 Å². The molecule has 0 aromatic rings. The number of aliphatic hydroxyl groups excluding tert-OH is 2. The molecule has 4 heteroatoms. The number of unbranched alkanes of at least 4 members (excludes halogenated alkanes) is 25.